The summed E-state index contributed by atoms with van der Waals surface area (Å²) in [5, 5.41) is 0. The van der Waals surface area contributed by atoms with Crippen molar-refractivity contribution in [3.05, 3.63) is 34.9 Å². The Morgan fingerprint density at radius 3 is 1.58 bits per heavy atom. The van der Waals surface area contributed by atoms with Crippen molar-refractivity contribution in [3.8, 4) is 0 Å². The van der Waals surface area contributed by atoms with E-state index in [-0.39, 0.29) is 6.07 Å². The van der Waals surface area contributed by atoms with Gasteiger partial charge in [0.1, 0.15) is 0 Å². The minimum absolute atomic E-state index is 0.000773. The van der Waals surface area contributed by atoms with E-state index < -0.39 is 51.8 Å². The SMILES string of the molecule is COC(=O)Cc1cc(C(F)(F)F)cc(C(F)(F)F)c1.O=S(=O)(O)O. The molecule has 24 heavy (non-hydrogen) atoms. The Kier molecular flexibility index (Phi) is 7.20. The Hall–Kier alpha value is -1.86. The van der Waals surface area contributed by atoms with Crippen LogP contribution in [0.2, 0.25) is 0 Å². The average molecular weight is 384 g/mol. The first-order chi connectivity index (χ1) is 10.5. The maximum Gasteiger partial charge on any atom is 0.416 e. The zero-order chi connectivity index (χ0) is 19.3. The molecule has 0 aliphatic rings. The Labute approximate surface area is 131 Å². The molecule has 0 saturated heterocycles. The number of carbonyl (C=O) groups is 1. The molecule has 1 aromatic rings. The van der Waals surface area contributed by atoms with Crippen LogP contribution >= 0.6 is 0 Å². The van der Waals surface area contributed by atoms with E-state index in [9.17, 15) is 31.1 Å². The van der Waals surface area contributed by atoms with Crippen LogP contribution in [0.3, 0.4) is 0 Å². The molecular weight excluding hydrogens is 374 g/mol. The largest absolute Gasteiger partial charge is 0.469 e. The number of esters is 1. The van der Waals surface area contributed by atoms with Crippen molar-refractivity contribution in [2.24, 2.45) is 0 Å². The second-order valence-corrected chi connectivity index (χ2v) is 5.01. The molecule has 6 nitrogen and oxygen atoms in total. The second kappa shape index (κ2) is 7.81. The predicted molar refractivity (Wildman–Crippen MR) is 66.3 cm³/mol. The van der Waals surface area contributed by atoms with Crippen molar-refractivity contribution in [2.75, 3.05) is 7.11 Å². The summed E-state index contributed by atoms with van der Waals surface area (Å²) in [5.74, 6) is -0.924. The molecule has 0 aromatic heterocycles. The first kappa shape index (κ1) is 22.1. The fraction of sp³-hybridized carbons (Fsp3) is 0.364. The number of benzene rings is 1. The highest BCUT2D eigenvalue weighted by molar-refractivity contribution is 7.79. The number of ether oxygens (including phenoxy) is 1. The van der Waals surface area contributed by atoms with Gasteiger partial charge in [0.05, 0.1) is 24.7 Å². The maximum absolute atomic E-state index is 12.5. The average Bonchev–Trinajstić information content (AvgIpc) is 2.34. The summed E-state index contributed by atoms with van der Waals surface area (Å²) in [5.41, 5.74) is -3.32. The highest BCUT2D eigenvalue weighted by Gasteiger charge is 2.36. The number of rotatable bonds is 2. The minimum Gasteiger partial charge on any atom is -0.469 e. The molecule has 0 unspecified atom stereocenters. The smallest absolute Gasteiger partial charge is 0.416 e. The van der Waals surface area contributed by atoms with Gasteiger partial charge in [0, 0.05) is 0 Å². The summed E-state index contributed by atoms with van der Waals surface area (Å²) in [6, 6.07) is 0.985. The van der Waals surface area contributed by atoms with Crippen molar-refractivity contribution in [1.29, 1.82) is 0 Å². The highest BCUT2D eigenvalue weighted by atomic mass is 32.3. The number of carbonyl (C=O) groups excluding carboxylic acids is 1. The highest BCUT2D eigenvalue weighted by Crippen LogP contribution is 2.36. The molecule has 0 fully saturated rings. The summed E-state index contributed by atoms with van der Waals surface area (Å²) in [6.07, 6.45) is -10.5. The topological polar surface area (TPSA) is 101 Å². The van der Waals surface area contributed by atoms with Crippen molar-refractivity contribution >= 4 is 16.4 Å². The van der Waals surface area contributed by atoms with Gasteiger partial charge in [0.25, 0.3) is 0 Å². The van der Waals surface area contributed by atoms with Crippen molar-refractivity contribution < 1.29 is 53.4 Å². The van der Waals surface area contributed by atoms with Crippen LogP contribution in [-0.2, 0) is 38.7 Å². The summed E-state index contributed by atoms with van der Waals surface area (Å²) in [7, 11) is -3.68. The lowest BCUT2D eigenvalue weighted by Gasteiger charge is -2.13. The molecule has 0 aliphatic heterocycles. The summed E-state index contributed by atoms with van der Waals surface area (Å²) < 4.78 is 111. The van der Waals surface area contributed by atoms with Gasteiger partial charge in [0.15, 0.2) is 0 Å². The van der Waals surface area contributed by atoms with E-state index in [2.05, 4.69) is 4.74 Å². The summed E-state index contributed by atoms with van der Waals surface area (Å²) >= 11 is 0. The maximum atomic E-state index is 12.5. The van der Waals surface area contributed by atoms with Gasteiger partial charge in [-0.25, -0.2) is 0 Å². The lowest BCUT2D eigenvalue weighted by Crippen LogP contribution is -2.13. The van der Waals surface area contributed by atoms with Crippen LogP contribution < -0.4 is 0 Å². The van der Waals surface area contributed by atoms with Gasteiger partial charge in [0.2, 0.25) is 0 Å². The lowest BCUT2D eigenvalue weighted by molar-refractivity contribution is -0.144. The van der Waals surface area contributed by atoms with E-state index in [4.69, 9.17) is 17.5 Å². The summed E-state index contributed by atoms with van der Waals surface area (Å²) in [6.45, 7) is 0. The molecule has 0 spiro atoms. The van der Waals surface area contributed by atoms with Crippen molar-refractivity contribution in [3.63, 3.8) is 0 Å². The summed E-state index contributed by atoms with van der Waals surface area (Å²) in [4.78, 5) is 10.9. The molecule has 0 radical (unpaired) electrons. The number of hydrogen-bond acceptors (Lipinski definition) is 4. The number of methoxy groups -OCH3 is 1. The quantitative estimate of drug-likeness (QED) is 0.462. The number of alkyl halides is 6. The molecule has 138 valence electrons. The number of halogens is 6. The van der Waals surface area contributed by atoms with Crippen LogP contribution in [0, 0.1) is 0 Å². The molecule has 2 N–H and O–H groups in total. The van der Waals surface area contributed by atoms with Crippen LogP contribution in [0.15, 0.2) is 18.2 Å². The third kappa shape index (κ3) is 9.32. The molecule has 0 bridgehead atoms. The Bertz CT molecular complexity index is 639. The zero-order valence-corrected chi connectivity index (χ0v) is 12.5. The van der Waals surface area contributed by atoms with E-state index in [1.54, 1.807) is 0 Å². The van der Waals surface area contributed by atoms with Gasteiger partial charge in [-0.1, -0.05) is 0 Å². The van der Waals surface area contributed by atoms with Crippen molar-refractivity contribution in [2.45, 2.75) is 18.8 Å². The molecular formula is C11H10F6O6S. The van der Waals surface area contributed by atoms with Crippen LogP contribution in [-0.4, -0.2) is 30.6 Å². The Morgan fingerprint density at radius 2 is 1.33 bits per heavy atom. The third-order valence-electron chi connectivity index (χ3n) is 2.22. The second-order valence-electron chi connectivity index (χ2n) is 4.11. The zero-order valence-electron chi connectivity index (χ0n) is 11.6. The van der Waals surface area contributed by atoms with E-state index in [0.29, 0.717) is 12.1 Å². The van der Waals surface area contributed by atoms with E-state index in [1.807, 2.05) is 0 Å². The molecule has 0 amide bonds. The Morgan fingerprint density at radius 1 is 1.00 bits per heavy atom. The standard InChI is InChI=1S/C11H8F6O2.H2O4S/c1-19-9(18)4-6-2-7(10(12,13)14)5-8(3-6)11(15,16)17;1-5(2,3)4/h2-3,5H,4H2,1H3;(H2,1,2,3,4). The molecule has 1 aromatic carbocycles. The van der Waals surface area contributed by atoms with Gasteiger partial charge in [-0.15, -0.1) is 0 Å². The van der Waals surface area contributed by atoms with Crippen LogP contribution in [0.5, 0.6) is 0 Å². The van der Waals surface area contributed by atoms with Gasteiger partial charge < -0.3 is 4.74 Å². The minimum atomic E-state index is -4.92. The van der Waals surface area contributed by atoms with E-state index in [0.717, 1.165) is 7.11 Å². The molecule has 1 rings (SSSR count). The van der Waals surface area contributed by atoms with Gasteiger partial charge >= 0.3 is 28.7 Å². The predicted octanol–water partition coefficient (Wildman–Crippen LogP) is 2.79. The third-order valence-corrected chi connectivity index (χ3v) is 2.22. The van der Waals surface area contributed by atoms with Gasteiger partial charge in [-0.05, 0) is 23.8 Å². The first-order valence-electron chi connectivity index (χ1n) is 5.59. The monoisotopic (exact) mass is 384 g/mol. The fourth-order valence-electron chi connectivity index (χ4n) is 1.36. The van der Waals surface area contributed by atoms with E-state index in [1.165, 1.54) is 0 Å². The number of hydrogen-bond donors (Lipinski definition) is 2. The molecule has 0 heterocycles. The van der Waals surface area contributed by atoms with Crippen molar-refractivity contribution in [1.82, 2.24) is 0 Å². The lowest BCUT2D eigenvalue weighted by atomic mass is 10.0. The fourth-order valence-corrected chi connectivity index (χ4v) is 1.36. The first-order valence-corrected chi connectivity index (χ1v) is 6.98. The Balaban J connectivity index is 0.000000922. The van der Waals surface area contributed by atoms with Gasteiger partial charge in [-0.3, -0.25) is 13.9 Å². The molecule has 0 aliphatic carbocycles. The van der Waals surface area contributed by atoms with Crippen LogP contribution in [0.1, 0.15) is 16.7 Å². The molecule has 13 heteroatoms. The van der Waals surface area contributed by atoms with Gasteiger partial charge in [-0.2, -0.15) is 34.8 Å². The normalized spacial score (nSPS) is 12.2. The van der Waals surface area contributed by atoms with Crippen LogP contribution in [0.25, 0.3) is 0 Å². The molecule has 0 saturated carbocycles. The van der Waals surface area contributed by atoms with Crippen LogP contribution in [0.4, 0.5) is 26.3 Å². The molecule has 0 atom stereocenters. The van der Waals surface area contributed by atoms with E-state index >= 15 is 0 Å².